The third kappa shape index (κ3) is 4.43. The number of anilines is 2. The summed E-state index contributed by atoms with van der Waals surface area (Å²) in [5.41, 5.74) is 7.70. The Hall–Kier alpha value is -4.15. The van der Waals surface area contributed by atoms with Gasteiger partial charge in [0.25, 0.3) is 0 Å². The zero-order chi connectivity index (χ0) is 23.5. The number of nitrogen functional groups attached to an aromatic ring is 1. The first kappa shape index (κ1) is 22.1. The third-order valence-electron chi connectivity index (χ3n) is 4.66. The van der Waals surface area contributed by atoms with Crippen LogP contribution in [0.1, 0.15) is 24.4 Å². The van der Waals surface area contributed by atoms with Crippen molar-refractivity contribution in [3.63, 3.8) is 0 Å². The van der Waals surface area contributed by atoms with Crippen LogP contribution in [0.25, 0.3) is 16.7 Å². The highest BCUT2D eigenvalue weighted by Gasteiger charge is 2.21. The second-order valence-electron chi connectivity index (χ2n) is 6.78. The van der Waals surface area contributed by atoms with E-state index in [1.807, 2.05) is 6.07 Å². The number of imidazole rings is 1. The number of aromatic nitrogens is 5. The third-order valence-corrected chi connectivity index (χ3v) is 5.31. The normalized spacial score (nSPS) is 13.0. The summed E-state index contributed by atoms with van der Waals surface area (Å²) in [4.78, 5) is 16.7. The maximum atomic E-state index is 14.1. The van der Waals surface area contributed by atoms with Crippen molar-refractivity contribution < 1.29 is 12.8 Å². The molecule has 4 aromatic rings. The number of nitrogens with two attached hydrogens (primary N) is 1. The molecule has 0 aliphatic rings. The fraction of sp³-hybridized carbons (Fsp3) is 0.150. The Balaban J connectivity index is 1.86. The standard InChI is InChI=1S/C20H17FN9O2S/c1-11(27-19-15(7-22)18(23)25-10-26-19)20-28-16-4-3-12(21)5-17(16)30(20)14-6-13(8-24-9-14)29-33(31)32-2/h3-6,8-11H,1-2H3,(H3,23,25,26,27)/q-1. The molecular formula is C20H17FN9O2S-. The van der Waals surface area contributed by atoms with Gasteiger partial charge in [-0.15, -0.1) is 0 Å². The number of hydrogen-bond donors (Lipinski definition) is 2. The molecule has 0 amide bonds. The Bertz CT molecular complexity index is 1470. The van der Waals surface area contributed by atoms with Crippen LogP contribution in [0.3, 0.4) is 0 Å². The van der Waals surface area contributed by atoms with Crippen molar-refractivity contribution in [1.29, 1.82) is 5.26 Å². The largest absolute Gasteiger partial charge is 0.441 e. The van der Waals surface area contributed by atoms with Gasteiger partial charge in [0.05, 0.1) is 40.8 Å². The van der Waals surface area contributed by atoms with E-state index in [2.05, 4.69) is 33.8 Å². The highest BCUT2D eigenvalue weighted by atomic mass is 32.2. The van der Waals surface area contributed by atoms with Crippen molar-refractivity contribution in [3.8, 4) is 11.8 Å². The maximum absolute atomic E-state index is 14.1. The van der Waals surface area contributed by atoms with Gasteiger partial charge in [-0.25, -0.2) is 19.3 Å². The summed E-state index contributed by atoms with van der Waals surface area (Å²) in [5, 5.41) is 12.5. The first-order chi connectivity index (χ1) is 15.9. The average molecular weight is 466 g/mol. The lowest BCUT2D eigenvalue weighted by Gasteiger charge is -2.18. The lowest BCUT2D eigenvalue weighted by atomic mass is 10.2. The van der Waals surface area contributed by atoms with Gasteiger partial charge in [0.2, 0.25) is 0 Å². The molecule has 0 radical (unpaired) electrons. The van der Waals surface area contributed by atoms with Gasteiger partial charge in [-0.3, -0.25) is 9.55 Å². The quantitative estimate of drug-likeness (QED) is 0.407. The lowest BCUT2D eigenvalue weighted by molar-refractivity contribution is 0.438. The minimum Gasteiger partial charge on any atom is -0.441 e. The zero-order valence-corrected chi connectivity index (χ0v) is 18.2. The van der Waals surface area contributed by atoms with E-state index in [4.69, 9.17) is 5.73 Å². The van der Waals surface area contributed by atoms with Crippen molar-refractivity contribution >= 4 is 39.2 Å². The van der Waals surface area contributed by atoms with Crippen LogP contribution in [0.4, 0.5) is 21.7 Å². The van der Waals surface area contributed by atoms with Crippen LogP contribution >= 0.6 is 0 Å². The summed E-state index contributed by atoms with van der Waals surface area (Å²) in [6.45, 7) is 1.80. The van der Waals surface area contributed by atoms with Gasteiger partial charge < -0.3 is 23.8 Å². The molecule has 1 aromatic carbocycles. The van der Waals surface area contributed by atoms with E-state index in [1.54, 1.807) is 29.8 Å². The molecule has 168 valence electrons. The molecule has 0 aliphatic carbocycles. The van der Waals surface area contributed by atoms with Gasteiger partial charge in [-0.1, -0.05) is 10.9 Å². The number of nitrogens with one attached hydrogen (secondary N) is 1. The molecule has 0 saturated heterocycles. The Labute approximate surface area is 189 Å². The number of rotatable bonds is 6. The summed E-state index contributed by atoms with van der Waals surface area (Å²) in [5.74, 6) is 0.311. The number of pyridine rings is 1. The highest BCUT2D eigenvalue weighted by molar-refractivity contribution is 7.69. The number of nitrogens with zero attached hydrogens (tertiary/aromatic N) is 7. The lowest BCUT2D eigenvalue weighted by Crippen LogP contribution is -2.15. The molecule has 13 heteroatoms. The first-order valence-electron chi connectivity index (χ1n) is 9.49. The van der Waals surface area contributed by atoms with E-state index >= 15 is 0 Å². The van der Waals surface area contributed by atoms with Crippen molar-refractivity contribution in [3.05, 3.63) is 60.2 Å². The van der Waals surface area contributed by atoms with E-state index < -0.39 is 22.7 Å². The average Bonchev–Trinajstić information content (AvgIpc) is 3.18. The molecule has 0 saturated carbocycles. The van der Waals surface area contributed by atoms with Crippen LogP contribution in [0.5, 0.6) is 0 Å². The molecule has 0 fully saturated rings. The van der Waals surface area contributed by atoms with Gasteiger partial charge in [0.1, 0.15) is 41.2 Å². The van der Waals surface area contributed by atoms with Crippen LogP contribution in [0.15, 0.2) is 47.3 Å². The van der Waals surface area contributed by atoms with Crippen LogP contribution in [0.2, 0.25) is 0 Å². The summed E-state index contributed by atoms with van der Waals surface area (Å²) in [7, 11) is -0.612. The second kappa shape index (κ2) is 9.15. The molecule has 4 rings (SSSR count). The zero-order valence-electron chi connectivity index (χ0n) is 17.4. The smallest absolute Gasteiger partial charge is 0.150 e. The molecule has 11 nitrogen and oxygen atoms in total. The van der Waals surface area contributed by atoms with Crippen molar-refractivity contribution in [1.82, 2.24) is 24.5 Å². The number of halogens is 1. The Kier molecular flexibility index (Phi) is 6.11. The van der Waals surface area contributed by atoms with Gasteiger partial charge in [0.15, 0.2) is 0 Å². The molecule has 0 aliphatic heterocycles. The van der Waals surface area contributed by atoms with E-state index in [1.165, 1.54) is 31.8 Å². The molecule has 3 heterocycles. The fourth-order valence-corrected chi connectivity index (χ4v) is 3.58. The van der Waals surface area contributed by atoms with Crippen molar-refractivity contribution in [2.45, 2.75) is 13.0 Å². The van der Waals surface area contributed by atoms with E-state index in [0.29, 0.717) is 28.2 Å². The molecule has 3 N–H and O–H groups in total. The topological polar surface area (TPSA) is 157 Å². The van der Waals surface area contributed by atoms with Crippen LogP contribution in [0, 0.1) is 17.1 Å². The maximum Gasteiger partial charge on any atom is 0.150 e. The number of nitriles is 1. The Morgan fingerprint density at radius 3 is 2.91 bits per heavy atom. The van der Waals surface area contributed by atoms with E-state index in [-0.39, 0.29) is 17.2 Å². The summed E-state index contributed by atoms with van der Waals surface area (Å²) < 4.78 is 36.1. The SMILES string of the molecule is CO[S-](=O)=Nc1cncc(-n2c(C(C)Nc3ncnc(N)c3C#N)nc3ccc(F)cc32)c1. The highest BCUT2D eigenvalue weighted by Crippen LogP contribution is 2.29. The van der Waals surface area contributed by atoms with Crippen molar-refractivity contribution in [2.24, 2.45) is 4.36 Å². The molecule has 1 atom stereocenters. The van der Waals surface area contributed by atoms with Gasteiger partial charge in [-0.2, -0.15) is 5.26 Å². The number of benzene rings is 1. The minimum absolute atomic E-state index is 0.0439. The van der Waals surface area contributed by atoms with Crippen LogP contribution in [-0.2, 0) is 19.3 Å². The Morgan fingerprint density at radius 2 is 2.15 bits per heavy atom. The monoisotopic (exact) mass is 466 g/mol. The molecule has 33 heavy (non-hydrogen) atoms. The summed E-state index contributed by atoms with van der Waals surface area (Å²) in [6.07, 6.45) is 4.21. The summed E-state index contributed by atoms with van der Waals surface area (Å²) >= 11 is 0. The number of fused-ring (bicyclic) bond motifs is 1. The molecule has 1 unspecified atom stereocenters. The predicted molar refractivity (Wildman–Crippen MR) is 119 cm³/mol. The Morgan fingerprint density at radius 1 is 1.33 bits per heavy atom. The molecule has 0 spiro atoms. The van der Waals surface area contributed by atoms with Crippen molar-refractivity contribution in [2.75, 3.05) is 18.2 Å². The van der Waals surface area contributed by atoms with Gasteiger partial charge >= 0.3 is 0 Å². The number of hydrogen-bond acceptors (Lipinski definition) is 11. The van der Waals surface area contributed by atoms with E-state index in [0.717, 1.165) is 0 Å². The molecule has 0 bridgehead atoms. The predicted octanol–water partition coefficient (Wildman–Crippen LogP) is 3.32. The molecule has 3 aromatic heterocycles. The van der Waals surface area contributed by atoms with Crippen LogP contribution in [-0.4, -0.2) is 31.6 Å². The second-order valence-corrected chi connectivity index (χ2v) is 7.73. The van der Waals surface area contributed by atoms with E-state index in [9.17, 15) is 13.9 Å². The van der Waals surface area contributed by atoms with Gasteiger partial charge in [-0.05, 0) is 25.1 Å². The van der Waals surface area contributed by atoms with Gasteiger partial charge in [0, 0.05) is 13.2 Å². The summed E-state index contributed by atoms with van der Waals surface area (Å²) in [6, 6.07) is 7.31. The first-order valence-corrected chi connectivity index (χ1v) is 10.5. The van der Waals surface area contributed by atoms with Crippen LogP contribution < -0.4 is 11.1 Å². The minimum atomic E-state index is -1.88. The fourth-order valence-electron chi connectivity index (χ4n) is 3.23. The molecular weight excluding hydrogens is 449 g/mol.